The van der Waals surface area contributed by atoms with Gasteiger partial charge in [-0.1, -0.05) is 0 Å². The van der Waals surface area contributed by atoms with Gasteiger partial charge < -0.3 is 14.4 Å². The number of amides is 1. The number of benzene rings is 1. The molecule has 1 aromatic rings. The normalized spacial score (nSPS) is 23.4. The van der Waals surface area contributed by atoms with Gasteiger partial charge in [-0.15, -0.1) is 0 Å². The zero-order chi connectivity index (χ0) is 14.0. The molecule has 0 saturated carbocycles. The fourth-order valence-electron chi connectivity index (χ4n) is 2.45. The van der Waals surface area contributed by atoms with Gasteiger partial charge >= 0.3 is 0 Å². The largest absolute Gasteiger partial charge is 0.497 e. The lowest BCUT2D eigenvalue weighted by Crippen LogP contribution is -2.59. The smallest absolute Gasteiger partial charge is 0.247 e. The maximum absolute atomic E-state index is 12.5. The quantitative estimate of drug-likeness (QED) is 0.884. The van der Waals surface area contributed by atoms with Gasteiger partial charge in [-0.3, -0.25) is 10.1 Å². The van der Waals surface area contributed by atoms with Crippen LogP contribution in [0.3, 0.4) is 0 Å². The predicted molar refractivity (Wildman–Crippen MR) is 72.5 cm³/mol. The summed E-state index contributed by atoms with van der Waals surface area (Å²) >= 11 is 0. The third-order valence-electron chi connectivity index (χ3n) is 3.65. The first-order valence-corrected chi connectivity index (χ1v) is 6.26. The number of hydrogen-bond acceptors (Lipinski definition) is 4. The predicted octanol–water partition coefficient (Wildman–Crippen LogP) is 0.981. The molecule has 1 atom stereocenters. The topological polar surface area (TPSA) is 50.8 Å². The lowest BCUT2D eigenvalue weighted by Gasteiger charge is -2.39. The van der Waals surface area contributed by atoms with Gasteiger partial charge in [0.05, 0.1) is 14.2 Å². The van der Waals surface area contributed by atoms with Gasteiger partial charge in [-0.25, -0.2) is 0 Å². The average molecular weight is 264 g/mol. The van der Waals surface area contributed by atoms with Crippen molar-refractivity contribution in [1.82, 2.24) is 10.2 Å². The number of carbonyl (C=O) groups excluding carboxylic acids is 1. The van der Waals surface area contributed by atoms with E-state index < -0.39 is 5.54 Å². The molecule has 1 aromatic carbocycles. The molecule has 19 heavy (non-hydrogen) atoms. The van der Waals surface area contributed by atoms with Crippen LogP contribution < -0.4 is 14.8 Å². The standard InChI is InChI=1S/C14H20N2O3/c1-14(13(17)16(2)8-7-15-14)11-9-10(18-3)5-6-12(11)19-4/h5-6,9,15H,7-8H2,1-4H3. The SMILES string of the molecule is COc1ccc(OC)c(C2(C)NCCN(C)C2=O)c1. The van der Waals surface area contributed by atoms with Crippen molar-refractivity contribution in [3.63, 3.8) is 0 Å². The molecule has 0 aromatic heterocycles. The van der Waals surface area contributed by atoms with Crippen molar-refractivity contribution in [3.8, 4) is 11.5 Å². The number of carbonyl (C=O) groups is 1. The van der Waals surface area contributed by atoms with Crippen LogP contribution in [0.5, 0.6) is 11.5 Å². The first-order valence-electron chi connectivity index (χ1n) is 6.26. The van der Waals surface area contributed by atoms with Crippen LogP contribution >= 0.6 is 0 Å². The van der Waals surface area contributed by atoms with E-state index in [0.29, 0.717) is 18.0 Å². The van der Waals surface area contributed by atoms with Gasteiger partial charge in [0.2, 0.25) is 5.91 Å². The van der Waals surface area contributed by atoms with E-state index in [4.69, 9.17) is 9.47 Å². The zero-order valence-electron chi connectivity index (χ0n) is 11.8. The van der Waals surface area contributed by atoms with Crippen molar-refractivity contribution < 1.29 is 14.3 Å². The van der Waals surface area contributed by atoms with Crippen LogP contribution in [0.2, 0.25) is 0 Å². The van der Waals surface area contributed by atoms with E-state index >= 15 is 0 Å². The van der Waals surface area contributed by atoms with Crippen LogP contribution in [0.25, 0.3) is 0 Å². The Morgan fingerprint density at radius 3 is 2.68 bits per heavy atom. The highest BCUT2D eigenvalue weighted by Gasteiger charge is 2.41. The number of piperazine rings is 1. The van der Waals surface area contributed by atoms with Crippen molar-refractivity contribution in [2.75, 3.05) is 34.4 Å². The second-order valence-electron chi connectivity index (χ2n) is 4.84. The fourth-order valence-corrected chi connectivity index (χ4v) is 2.45. The molecule has 0 spiro atoms. The summed E-state index contributed by atoms with van der Waals surface area (Å²) in [6.07, 6.45) is 0. The Morgan fingerprint density at radius 2 is 2.05 bits per heavy atom. The number of nitrogens with one attached hydrogen (secondary N) is 1. The molecule has 0 aliphatic carbocycles. The molecule has 0 bridgehead atoms. The van der Waals surface area contributed by atoms with Crippen molar-refractivity contribution in [2.24, 2.45) is 0 Å². The van der Waals surface area contributed by atoms with E-state index in [1.54, 1.807) is 19.1 Å². The van der Waals surface area contributed by atoms with Crippen LogP contribution in [0, 0.1) is 0 Å². The molecule has 1 fully saturated rings. The molecule has 1 heterocycles. The van der Waals surface area contributed by atoms with E-state index in [0.717, 1.165) is 12.1 Å². The summed E-state index contributed by atoms with van der Waals surface area (Å²) in [6.45, 7) is 3.34. The Hall–Kier alpha value is -1.75. The van der Waals surface area contributed by atoms with Crippen LogP contribution in [-0.2, 0) is 10.3 Å². The van der Waals surface area contributed by atoms with E-state index in [9.17, 15) is 4.79 Å². The van der Waals surface area contributed by atoms with Gasteiger partial charge in [0.1, 0.15) is 17.0 Å². The molecule has 1 unspecified atom stereocenters. The maximum Gasteiger partial charge on any atom is 0.247 e. The Balaban J connectivity index is 2.51. The molecular formula is C14H20N2O3. The monoisotopic (exact) mass is 264 g/mol. The first kappa shape index (κ1) is 13.7. The van der Waals surface area contributed by atoms with E-state index in [2.05, 4.69) is 5.32 Å². The van der Waals surface area contributed by atoms with Crippen LogP contribution in [0.1, 0.15) is 12.5 Å². The van der Waals surface area contributed by atoms with Crippen molar-refractivity contribution >= 4 is 5.91 Å². The third-order valence-corrected chi connectivity index (χ3v) is 3.65. The molecule has 1 aliphatic rings. The zero-order valence-corrected chi connectivity index (χ0v) is 11.8. The minimum Gasteiger partial charge on any atom is -0.497 e. The molecule has 1 saturated heterocycles. The Kier molecular flexibility index (Phi) is 3.66. The summed E-state index contributed by atoms with van der Waals surface area (Å²) in [5.41, 5.74) is 0.0123. The molecule has 104 valence electrons. The van der Waals surface area contributed by atoms with Gasteiger partial charge in [0, 0.05) is 25.7 Å². The number of hydrogen-bond donors (Lipinski definition) is 1. The summed E-state index contributed by atoms with van der Waals surface area (Å²) in [7, 11) is 5.02. The second-order valence-corrected chi connectivity index (χ2v) is 4.84. The van der Waals surface area contributed by atoms with Gasteiger partial charge in [-0.05, 0) is 25.1 Å². The van der Waals surface area contributed by atoms with Crippen LogP contribution in [-0.4, -0.2) is 45.2 Å². The average Bonchev–Trinajstić information content (AvgIpc) is 2.44. The molecule has 0 radical (unpaired) electrons. The highest BCUT2D eigenvalue weighted by atomic mass is 16.5. The van der Waals surface area contributed by atoms with Crippen LogP contribution in [0.15, 0.2) is 18.2 Å². The number of ether oxygens (including phenoxy) is 2. The molecule has 1 aliphatic heterocycles. The van der Waals surface area contributed by atoms with Crippen molar-refractivity contribution in [1.29, 1.82) is 0 Å². The van der Waals surface area contributed by atoms with Gasteiger partial charge in [-0.2, -0.15) is 0 Å². The van der Waals surface area contributed by atoms with Crippen molar-refractivity contribution in [2.45, 2.75) is 12.5 Å². The van der Waals surface area contributed by atoms with Crippen LogP contribution in [0.4, 0.5) is 0 Å². The summed E-state index contributed by atoms with van der Waals surface area (Å²) in [5, 5.41) is 3.29. The fraction of sp³-hybridized carbons (Fsp3) is 0.500. The summed E-state index contributed by atoms with van der Waals surface area (Å²) in [5.74, 6) is 1.42. The lowest BCUT2D eigenvalue weighted by atomic mass is 9.88. The van der Waals surface area contributed by atoms with Crippen molar-refractivity contribution in [3.05, 3.63) is 23.8 Å². The molecule has 5 nitrogen and oxygen atoms in total. The minimum absolute atomic E-state index is 0.0327. The second kappa shape index (κ2) is 5.09. The van der Waals surface area contributed by atoms with E-state index in [1.165, 1.54) is 0 Å². The minimum atomic E-state index is -0.785. The number of methoxy groups -OCH3 is 2. The van der Waals surface area contributed by atoms with E-state index in [-0.39, 0.29) is 5.91 Å². The number of rotatable bonds is 3. The Bertz CT molecular complexity index is 490. The summed E-state index contributed by atoms with van der Waals surface area (Å²) < 4.78 is 10.6. The first-order chi connectivity index (χ1) is 9.02. The van der Waals surface area contributed by atoms with Gasteiger partial charge in [0.25, 0.3) is 0 Å². The molecule has 2 rings (SSSR count). The highest BCUT2D eigenvalue weighted by molar-refractivity contribution is 5.88. The Labute approximate surface area is 113 Å². The molecule has 1 amide bonds. The molecule has 5 heteroatoms. The van der Waals surface area contributed by atoms with E-state index in [1.807, 2.05) is 32.2 Å². The summed E-state index contributed by atoms with van der Waals surface area (Å²) in [6, 6.07) is 5.49. The molecular weight excluding hydrogens is 244 g/mol. The highest BCUT2D eigenvalue weighted by Crippen LogP contribution is 2.35. The molecule has 1 N–H and O–H groups in total. The maximum atomic E-state index is 12.5. The lowest BCUT2D eigenvalue weighted by molar-refractivity contribution is -0.139. The summed E-state index contributed by atoms with van der Waals surface area (Å²) in [4.78, 5) is 14.2. The Morgan fingerprint density at radius 1 is 1.32 bits per heavy atom. The third kappa shape index (κ3) is 2.26. The number of likely N-dealkylation sites (N-methyl/N-ethyl adjacent to an activating group) is 1. The number of nitrogens with zero attached hydrogens (tertiary/aromatic N) is 1. The van der Waals surface area contributed by atoms with Gasteiger partial charge in [0.15, 0.2) is 0 Å².